The maximum Gasteiger partial charge on any atom is 0.289 e. The summed E-state index contributed by atoms with van der Waals surface area (Å²) < 4.78 is 5.79. The normalized spacial score (nSPS) is 17.9. The average molecular weight is 313 g/mol. The lowest BCUT2D eigenvalue weighted by atomic mass is 10.0. The average Bonchev–Trinajstić information content (AvgIpc) is 3.23. The first kappa shape index (κ1) is 15.8. The van der Waals surface area contributed by atoms with Crippen LogP contribution in [-0.4, -0.2) is 35.6 Å². The molecule has 1 aromatic carbocycles. The number of carbonyl (C=O) groups excluding carboxylic acids is 1. The molecule has 4 nitrogen and oxygen atoms in total. The molecule has 1 aromatic heterocycles. The van der Waals surface area contributed by atoms with Crippen molar-refractivity contribution in [2.75, 3.05) is 19.7 Å². The van der Waals surface area contributed by atoms with Crippen LogP contribution in [0, 0.1) is 5.92 Å². The second kappa shape index (κ2) is 6.59. The summed E-state index contributed by atoms with van der Waals surface area (Å²) >= 11 is 0. The Bertz CT molecular complexity index is 689. The molecule has 3 rings (SSSR count). The molecule has 1 N–H and O–H groups in total. The standard InChI is InChI=1S/C19H23NO3/c1-13(2)15-4-3-5-16(10-15)17-6-7-18(23-17)19(22)20-9-8-14(11-20)12-21/h3-7,10,13-14,21H,8-9,11-12H2,1-2H3/t14-/m0/s1. The SMILES string of the molecule is CC(C)c1cccc(-c2ccc(C(=O)N3CC[C@H](CO)C3)o2)c1. The van der Waals surface area contributed by atoms with E-state index in [-0.39, 0.29) is 18.4 Å². The third-order valence-electron chi connectivity index (χ3n) is 4.49. The molecule has 122 valence electrons. The van der Waals surface area contributed by atoms with Gasteiger partial charge >= 0.3 is 0 Å². The summed E-state index contributed by atoms with van der Waals surface area (Å²) in [7, 11) is 0. The quantitative estimate of drug-likeness (QED) is 0.939. The molecule has 2 heterocycles. The van der Waals surface area contributed by atoms with Gasteiger partial charge in [-0.15, -0.1) is 0 Å². The molecule has 1 atom stereocenters. The number of aliphatic hydroxyl groups excluding tert-OH is 1. The van der Waals surface area contributed by atoms with Gasteiger partial charge in [-0.3, -0.25) is 4.79 Å². The van der Waals surface area contributed by atoms with E-state index in [1.54, 1.807) is 11.0 Å². The number of hydrogen-bond acceptors (Lipinski definition) is 3. The van der Waals surface area contributed by atoms with Crippen molar-refractivity contribution in [3.63, 3.8) is 0 Å². The summed E-state index contributed by atoms with van der Waals surface area (Å²) in [5, 5.41) is 9.20. The number of hydrogen-bond donors (Lipinski definition) is 1. The smallest absolute Gasteiger partial charge is 0.289 e. The summed E-state index contributed by atoms with van der Waals surface area (Å²) in [6.07, 6.45) is 0.853. The van der Waals surface area contributed by atoms with Crippen molar-refractivity contribution >= 4 is 5.91 Å². The minimum atomic E-state index is -0.0905. The Morgan fingerprint density at radius 1 is 1.35 bits per heavy atom. The lowest BCUT2D eigenvalue weighted by Gasteiger charge is -2.14. The van der Waals surface area contributed by atoms with E-state index >= 15 is 0 Å². The van der Waals surface area contributed by atoms with Crippen molar-refractivity contribution in [3.05, 3.63) is 47.7 Å². The Balaban J connectivity index is 1.78. The first-order valence-electron chi connectivity index (χ1n) is 8.18. The van der Waals surface area contributed by atoms with E-state index in [4.69, 9.17) is 4.42 Å². The monoisotopic (exact) mass is 313 g/mol. The molecule has 0 bridgehead atoms. The first-order valence-corrected chi connectivity index (χ1v) is 8.18. The largest absolute Gasteiger partial charge is 0.451 e. The van der Waals surface area contributed by atoms with Crippen molar-refractivity contribution in [2.45, 2.75) is 26.2 Å². The summed E-state index contributed by atoms with van der Waals surface area (Å²) in [6, 6.07) is 11.8. The Hall–Kier alpha value is -2.07. The molecule has 2 aromatic rings. The molecule has 0 radical (unpaired) electrons. The van der Waals surface area contributed by atoms with Gasteiger partial charge in [-0.25, -0.2) is 0 Å². The molecule has 0 aliphatic carbocycles. The second-order valence-corrected chi connectivity index (χ2v) is 6.53. The summed E-state index contributed by atoms with van der Waals surface area (Å²) in [5.74, 6) is 1.64. The number of furan rings is 1. The lowest BCUT2D eigenvalue weighted by molar-refractivity contribution is 0.0751. The van der Waals surface area contributed by atoms with Gasteiger partial charge in [0.1, 0.15) is 5.76 Å². The van der Waals surface area contributed by atoms with Crippen LogP contribution in [0.25, 0.3) is 11.3 Å². The maximum absolute atomic E-state index is 12.5. The highest BCUT2D eigenvalue weighted by Crippen LogP contribution is 2.27. The number of carbonyl (C=O) groups is 1. The molecule has 1 aliphatic heterocycles. The second-order valence-electron chi connectivity index (χ2n) is 6.53. The summed E-state index contributed by atoms with van der Waals surface area (Å²) in [4.78, 5) is 14.2. The third kappa shape index (κ3) is 3.32. The van der Waals surface area contributed by atoms with Crippen LogP contribution in [0.1, 0.15) is 42.3 Å². The minimum absolute atomic E-state index is 0.0905. The van der Waals surface area contributed by atoms with Gasteiger partial charge in [0.25, 0.3) is 5.91 Å². The molecule has 1 amide bonds. The zero-order chi connectivity index (χ0) is 16.4. The number of nitrogens with zero attached hydrogens (tertiary/aromatic N) is 1. The molecule has 1 saturated heterocycles. The fraction of sp³-hybridized carbons (Fsp3) is 0.421. The molecule has 4 heteroatoms. The number of amides is 1. The first-order chi connectivity index (χ1) is 11.1. The van der Waals surface area contributed by atoms with Crippen LogP contribution in [0.3, 0.4) is 0 Å². The van der Waals surface area contributed by atoms with Crippen molar-refractivity contribution in [2.24, 2.45) is 5.92 Å². The van der Waals surface area contributed by atoms with Crippen LogP contribution in [0.2, 0.25) is 0 Å². The molecule has 0 saturated carbocycles. The molecular weight excluding hydrogens is 290 g/mol. The predicted molar refractivity (Wildman–Crippen MR) is 89.3 cm³/mol. The van der Waals surface area contributed by atoms with Crippen LogP contribution in [0.5, 0.6) is 0 Å². The van der Waals surface area contributed by atoms with Crippen LogP contribution in [0.4, 0.5) is 0 Å². The van der Waals surface area contributed by atoms with E-state index in [0.29, 0.717) is 30.5 Å². The maximum atomic E-state index is 12.5. The van der Waals surface area contributed by atoms with Crippen LogP contribution < -0.4 is 0 Å². The lowest BCUT2D eigenvalue weighted by Crippen LogP contribution is -2.28. The van der Waals surface area contributed by atoms with Crippen molar-refractivity contribution in [3.8, 4) is 11.3 Å². The highest BCUT2D eigenvalue weighted by atomic mass is 16.4. The number of likely N-dealkylation sites (tertiary alicyclic amines) is 1. The van der Waals surface area contributed by atoms with Crippen LogP contribution in [-0.2, 0) is 0 Å². The van der Waals surface area contributed by atoms with E-state index in [0.717, 1.165) is 12.0 Å². The van der Waals surface area contributed by atoms with Crippen molar-refractivity contribution in [1.29, 1.82) is 0 Å². The number of aliphatic hydroxyl groups is 1. The van der Waals surface area contributed by atoms with Gasteiger partial charge in [-0.05, 0) is 36.1 Å². The molecular formula is C19H23NO3. The van der Waals surface area contributed by atoms with Gasteiger partial charge in [0.2, 0.25) is 0 Å². The molecule has 1 fully saturated rings. The van der Waals surface area contributed by atoms with Crippen LogP contribution >= 0.6 is 0 Å². The fourth-order valence-electron chi connectivity index (χ4n) is 2.98. The summed E-state index contributed by atoms with van der Waals surface area (Å²) in [6.45, 7) is 5.73. The van der Waals surface area contributed by atoms with Crippen LogP contribution in [0.15, 0.2) is 40.8 Å². The van der Waals surface area contributed by atoms with Gasteiger partial charge < -0.3 is 14.4 Å². The number of benzene rings is 1. The van der Waals surface area contributed by atoms with Gasteiger partial charge in [0.05, 0.1) is 0 Å². The van der Waals surface area contributed by atoms with E-state index in [1.807, 2.05) is 18.2 Å². The van der Waals surface area contributed by atoms with Gasteiger partial charge in [-0.2, -0.15) is 0 Å². The number of rotatable bonds is 4. The van der Waals surface area contributed by atoms with E-state index in [9.17, 15) is 9.90 Å². The Kier molecular flexibility index (Phi) is 4.53. The van der Waals surface area contributed by atoms with E-state index in [2.05, 4.69) is 26.0 Å². The van der Waals surface area contributed by atoms with E-state index in [1.165, 1.54) is 5.56 Å². The molecule has 0 spiro atoms. The van der Waals surface area contributed by atoms with Gasteiger partial charge in [0, 0.05) is 31.2 Å². The molecule has 1 aliphatic rings. The zero-order valence-electron chi connectivity index (χ0n) is 13.7. The van der Waals surface area contributed by atoms with Gasteiger partial charge in [-0.1, -0.05) is 32.0 Å². The molecule has 0 unspecified atom stereocenters. The zero-order valence-corrected chi connectivity index (χ0v) is 13.7. The molecule has 23 heavy (non-hydrogen) atoms. The predicted octanol–water partition coefficient (Wildman–Crippen LogP) is 3.52. The summed E-state index contributed by atoms with van der Waals surface area (Å²) in [5.41, 5.74) is 2.24. The fourth-order valence-corrected chi connectivity index (χ4v) is 2.98. The minimum Gasteiger partial charge on any atom is -0.451 e. The topological polar surface area (TPSA) is 53.7 Å². The van der Waals surface area contributed by atoms with E-state index < -0.39 is 0 Å². The highest BCUT2D eigenvalue weighted by Gasteiger charge is 2.28. The third-order valence-corrected chi connectivity index (χ3v) is 4.49. The highest BCUT2D eigenvalue weighted by molar-refractivity contribution is 5.92. The Morgan fingerprint density at radius 3 is 2.87 bits per heavy atom. The van der Waals surface area contributed by atoms with Gasteiger partial charge in [0.15, 0.2) is 5.76 Å². The Morgan fingerprint density at radius 2 is 2.17 bits per heavy atom. The van der Waals surface area contributed by atoms with Crippen molar-refractivity contribution < 1.29 is 14.3 Å². The Labute approximate surface area is 136 Å². The van der Waals surface area contributed by atoms with Crippen molar-refractivity contribution in [1.82, 2.24) is 4.90 Å².